The quantitative estimate of drug-likeness (QED) is 0.477. The fourth-order valence-electron chi connectivity index (χ4n) is 2.47. The fraction of sp³-hybridized carbons (Fsp3) is 0.0952. The zero-order valence-corrected chi connectivity index (χ0v) is 13.6. The van der Waals surface area contributed by atoms with Gasteiger partial charge >= 0.3 is 0 Å². The van der Waals surface area contributed by atoms with Crippen molar-refractivity contribution in [3.05, 3.63) is 90.0 Å². The highest BCUT2D eigenvalue weighted by Gasteiger charge is 2.04. The molecule has 0 saturated carbocycles. The van der Waals surface area contributed by atoms with Crippen LogP contribution >= 0.6 is 0 Å². The van der Waals surface area contributed by atoms with E-state index in [1.54, 1.807) is 13.3 Å². The molecule has 0 unspecified atom stereocenters. The van der Waals surface area contributed by atoms with Crippen molar-refractivity contribution < 1.29 is 9.57 Å². The largest absolute Gasteiger partial charge is 0.497 e. The van der Waals surface area contributed by atoms with Gasteiger partial charge in [-0.2, -0.15) is 0 Å². The van der Waals surface area contributed by atoms with E-state index in [4.69, 9.17) is 9.57 Å². The lowest BCUT2D eigenvalue weighted by Gasteiger charge is -2.08. The average molecular weight is 317 g/mol. The van der Waals surface area contributed by atoms with E-state index in [0.717, 1.165) is 22.4 Å². The number of benzene rings is 3. The van der Waals surface area contributed by atoms with Crippen molar-refractivity contribution >= 4 is 6.21 Å². The molecule has 3 heteroatoms. The molecule has 120 valence electrons. The zero-order valence-electron chi connectivity index (χ0n) is 13.6. The van der Waals surface area contributed by atoms with Crippen LogP contribution in [0.2, 0.25) is 0 Å². The van der Waals surface area contributed by atoms with Gasteiger partial charge in [-0.05, 0) is 34.4 Å². The molecule has 0 heterocycles. The Labute approximate surface area is 142 Å². The molecule has 0 saturated heterocycles. The van der Waals surface area contributed by atoms with Gasteiger partial charge in [-0.25, -0.2) is 0 Å². The molecule has 0 amide bonds. The average Bonchev–Trinajstić information content (AvgIpc) is 2.66. The third-order valence-electron chi connectivity index (χ3n) is 3.69. The van der Waals surface area contributed by atoms with Gasteiger partial charge in [0, 0.05) is 0 Å². The maximum Gasteiger partial charge on any atom is 0.142 e. The van der Waals surface area contributed by atoms with Crippen LogP contribution in [0.5, 0.6) is 5.75 Å². The van der Waals surface area contributed by atoms with Crippen LogP contribution < -0.4 is 4.74 Å². The summed E-state index contributed by atoms with van der Waals surface area (Å²) in [6, 6.07) is 26.2. The van der Waals surface area contributed by atoms with Crippen LogP contribution in [0, 0.1) is 0 Å². The van der Waals surface area contributed by atoms with Gasteiger partial charge in [0.2, 0.25) is 0 Å². The van der Waals surface area contributed by atoms with Crippen molar-refractivity contribution in [1.82, 2.24) is 0 Å². The Morgan fingerprint density at radius 2 is 1.67 bits per heavy atom. The Bertz CT molecular complexity index is 813. The molecule has 0 aliphatic rings. The molecular weight excluding hydrogens is 298 g/mol. The first-order valence-electron chi connectivity index (χ1n) is 7.79. The number of oxime groups is 1. The van der Waals surface area contributed by atoms with Crippen LogP contribution in [-0.2, 0) is 11.4 Å². The van der Waals surface area contributed by atoms with Crippen molar-refractivity contribution in [3.63, 3.8) is 0 Å². The lowest BCUT2D eigenvalue weighted by molar-refractivity contribution is 0.132. The van der Waals surface area contributed by atoms with E-state index in [2.05, 4.69) is 29.4 Å². The Morgan fingerprint density at radius 3 is 2.50 bits per heavy atom. The molecule has 24 heavy (non-hydrogen) atoms. The number of hydrogen-bond donors (Lipinski definition) is 0. The van der Waals surface area contributed by atoms with Crippen LogP contribution in [0.25, 0.3) is 11.1 Å². The molecule has 0 spiro atoms. The molecule has 0 atom stereocenters. The van der Waals surface area contributed by atoms with Gasteiger partial charge in [-0.1, -0.05) is 71.9 Å². The summed E-state index contributed by atoms with van der Waals surface area (Å²) in [4.78, 5) is 5.49. The third kappa shape index (κ3) is 4.02. The van der Waals surface area contributed by atoms with Gasteiger partial charge in [-0.3, -0.25) is 0 Å². The molecule has 3 aromatic carbocycles. The van der Waals surface area contributed by atoms with Crippen LogP contribution in [-0.4, -0.2) is 13.3 Å². The summed E-state index contributed by atoms with van der Waals surface area (Å²) in [5.74, 6) is 0.799. The van der Waals surface area contributed by atoms with E-state index < -0.39 is 0 Å². The molecule has 0 aliphatic carbocycles. The standard InChI is InChI=1S/C21H19NO2/c1-23-20-12-7-8-17(14-20)15-22-24-16-19-11-5-6-13-21(19)18-9-3-2-4-10-18/h2-15H,16H2,1H3. The highest BCUT2D eigenvalue weighted by molar-refractivity contribution is 5.79. The summed E-state index contributed by atoms with van der Waals surface area (Å²) >= 11 is 0. The van der Waals surface area contributed by atoms with E-state index in [9.17, 15) is 0 Å². The Balaban J connectivity index is 1.68. The minimum Gasteiger partial charge on any atom is -0.497 e. The van der Waals surface area contributed by atoms with Gasteiger partial charge in [0.15, 0.2) is 0 Å². The van der Waals surface area contributed by atoms with Gasteiger partial charge < -0.3 is 9.57 Å². The Kier molecular flexibility index (Phi) is 5.25. The molecule has 0 fully saturated rings. The highest BCUT2D eigenvalue weighted by atomic mass is 16.6. The van der Waals surface area contributed by atoms with Crippen LogP contribution in [0.4, 0.5) is 0 Å². The SMILES string of the molecule is COc1cccc(C=NOCc2ccccc2-c2ccccc2)c1. The molecule has 3 aromatic rings. The third-order valence-corrected chi connectivity index (χ3v) is 3.69. The van der Waals surface area contributed by atoms with Gasteiger partial charge in [0.1, 0.15) is 12.4 Å². The molecule has 0 aromatic heterocycles. The maximum atomic E-state index is 5.49. The van der Waals surface area contributed by atoms with E-state index in [1.165, 1.54) is 5.56 Å². The summed E-state index contributed by atoms with van der Waals surface area (Å²) in [5, 5.41) is 4.07. The number of hydrogen-bond acceptors (Lipinski definition) is 3. The lowest BCUT2D eigenvalue weighted by Crippen LogP contribution is -1.92. The highest BCUT2D eigenvalue weighted by Crippen LogP contribution is 2.23. The minimum atomic E-state index is 0.422. The second-order valence-electron chi connectivity index (χ2n) is 5.31. The Hall–Kier alpha value is -3.07. The normalized spacial score (nSPS) is 10.7. The lowest BCUT2D eigenvalue weighted by atomic mass is 10.0. The summed E-state index contributed by atoms with van der Waals surface area (Å²) in [5.41, 5.74) is 4.38. The van der Waals surface area contributed by atoms with Crippen LogP contribution in [0.1, 0.15) is 11.1 Å². The van der Waals surface area contributed by atoms with Crippen molar-refractivity contribution in [2.75, 3.05) is 7.11 Å². The number of methoxy groups -OCH3 is 1. The monoisotopic (exact) mass is 317 g/mol. The second-order valence-corrected chi connectivity index (χ2v) is 5.31. The molecule has 3 rings (SSSR count). The first kappa shape index (κ1) is 15.8. The summed E-state index contributed by atoms with van der Waals surface area (Å²) in [6.07, 6.45) is 1.69. The number of nitrogens with zero attached hydrogens (tertiary/aromatic N) is 1. The van der Waals surface area contributed by atoms with E-state index in [1.807, 2.05) is 54.6 Å². The van der Waals surface area contributed by atoms with Crippen LogP contribution in [0.3, 0.4) is 0 Å². The molecule has 3 nitrogen and oxygen atoms in total. The first-order chi connectivity index (χ1) is 11.9. The van der Waals surface area contributed by atoms with Crippen molar-refractivity contribution in [2.24, 2.45) is 5.16 Å². The molecule has 0 N–H and O–H groups in total. The van der Waals surface area contributed by atoms with E-state index >= 15 is 0 Å². The van der Waals surface area contributed by atoms with Gasteiger partial charge in [0.25, 0.3) is 0 Å². The Morgan fingerprint density at radius 1 is 0.875 bits per heavy atom. The van der Waals surface area contributed by atoms with Crippen molar-refractivity contribution in [3.8, 4) is 16.9 Å². The summed E-state index contributed by atoms with van der Waals surface area (Å²) < 4.78 is 5.19. The number of rotatable bonds is 6. The smallest absolute Gasteiger partial charge is 0.142 e. The molecule has 0 radical (unpaired) electrons. The van der Waals surface area contributed by atoms with Crippen molar-refractivity contribution in [2.45, 2.75) is 6.61 Å². The molecular formula is C21H19NO2. The van der Waals surface area contributed by atoms with E-state index in [0.29, 0.717) is 6.61 Å². The zero-order chi connectivity index (χ0) is 16.6. The predicted molar refractivity (Wildman–Crippen MR) is 97.3 cm³/mol. The maximum absolute atomic E-state index is 5.49. The second kappa shape index (κ2) is 7.97. The topological polar surface area (TPSA) is 30.8 Å². The molecule has 0 aliphatic heterocycles. The van der Waals surface area contributed by atoms with Gasteiger partial charge in [0.05, 0.1) is 13.3 Å². The molecule has 0 bridgehead atoms. The van der Waals surface area contributed by atoms with Gasteiger partial charge in [-0.15, -0.1) is 0 Å². The first-order valence-corrected chi connectivity index (χ1v) is 7.79. The fourth-order valence-corrected chi connectivity index (χ4v) is 2.47. The van der Waals surface area contributed by atoms with Crippen LogP contribution in [0.15, 0.2) is 84.0 Å². The summed E-state index contributed by atoms with van der Waals surface area (Å²) in [7, 11) is 1.65. The minimum absolute atomic E-state index is 0.422. The predicted octanol–water partition coefficient (Wildman–Crippen LogP) is 4.91. The number of ether oxygens (including phenoxy) is 1. The summed E-state index contributed by atoms with van der Waals surface area (Å²) in [6.45, 7) is 0.422. The van der Waals surface area contributed by atoms with Crippen molar-refractivity contribution in [1.29, 1.82) is 0 Å². The van der Waals surface area contributed by atoms with E-state index in [-0.39, 0.29) is 0 Å².